The molecule has 1 heterocycles. The van der Waals surface area contributed by atoms with Gasteiger partial charge >= 0.3 is 0 Å². The van der Waals surface area contributed by atoms with E-state index in [4.69, 9.17) is 4.74 Å². The summed E-state index contributed by atoms with van der Waals surface area (Å²) in [5.74, 6) is -1.53. The molecule has 0 bridgehead atoms. The number of ether oxygens (including phenoxy) is 1. The zero-order valence-electron chi connectivity index (χ0n) is 15.2. The molecule has 29 heavy (non-hydrogen) atoms. The number of anilines is 1. The van der Waals surface area contributed by atoms with Crippen molar-refractivity contribution in [3.05, 3.63) is 48.0 Å². The standard InChI is InChI=1S/C19H17N3O6S/c1-28-15-8-11(2-7-14(15)24)10-20-21-19-22(12-3-5-13(23)6-4-12)18(27)16(29-19)9-17(25)26/h2-8,10,16,23-24H,9H2,1H3,(H,25,26)/p-1/b20-10+,21-19+/t16-/m0/s1. The van der Waals surface area contributed by atoms with Crippen molar-refractivity contribution in [3.8, 4) is 17.2 Å². The second-order valence-electron chi connectivity index (χ2n) is 5.93. The molecule has 1 aliphatic rings. The van der Waals surface area contributed by atoms with Crippen LogP contribution in [-0.2, 0) is 9.59 Å². The first-order valence-corrected chi connectivity index (χ1v) is 9.24. The Labute approximate surface area is 170 Å². The van der Waals surface area contributed by atoms with E-state index in [-0.39, 0.29) is 22.4 Å². The number of benzene rings is 2. The number of aromatic hydroxyl groups is 2. The average Bonchev–Trinajstić information content (AvgIpc) is 2.98. The van der Waals surface area contributed by atoms with Crippen molar-refractivity contribution >= 4 is 40.7 Å². The van der Waals surface area contributed by atoms with Crippen molar-refractivity contribution in [3.63, 3.8) is 0 Å². The molecule has 0 spiro atoms. The minimum atomic E-state index is -1.34. The summed E-state index contributed by atoms with van der Waals surface area (Å²) in [6.45, 7) is 0. The number of carboxylic acids is 1. The third-order valence-corrected chi connectivity index (χ3v) is 5.08. The molecule has 2 N–H and O–H groups in total. The fraction of sp³-hybridized carbons (Fsp3) is 0.158. The molecule has 0 unspecified atom stereocenters. The van der Waals surface area contributed by atoms with Gasteiger partial charge in [0.2, 0.25) is 5.91 Å². The van der Waals surface area contributed by atoms with Crippen molar-refractivity contribution in [2.75, 3.05) is 12.0 Å². The van der Waals surface area contributed by atoms with E-state index < -0.39 is 23.5 Å². The molecule has 2 aromatic carbocycles. The van der Waals surface area contributed by atoms with E-state index in [9.17, 15) is 24.9 Å². The first-order chi connectivity index (χ1) is 13.9. The van der Waals surface area contributed by atoms with Crippen molar-refractivity contribution in [2.24, 2.45) is 10.2 Å². The van der Waals surface area contributed by atoms with Crippen molar-refractivity contribution in [1.29, 1.82) is 0 Å². The minimum Gasteiger partial charge on any atom is -0.550 e. The lowest BCUT2D eigenvalue weighted by molar-refractivity contribution is -0.305. The van der Waals surface area contributed by atoms with E-state index in [1.807, 2.05) is 0 Å². The number of phenols is 2. The van der Waals surface area contributed by atoms with Gasteiger partial charge in [-0.1, -0.05) is 11.8 Å². The Morgan fingerprint density at radius 2 is 2.00 bits per heavy atom. The van der Waals surface area contributed by atoms with Gasteiger partial charge in [0.05, 0.1) is 24.3 Å². The Kier molecular flexibility index (Phi) is 6.03. The van der Waals surface area contributed by atoms with Gasteiger partial charge in [-0.15, -0.1) is 5.10 Å². The van der Waals surface area contributed by atoms with Crippen LogP contribution < -0.4 is 14.7 Å². The Balaban J connectivity index is 1.89. The van der Waals surface area contributed by atoms with Crippen LogP contribution in [-0.4, -0.2) is 45.8 Å². The summed E-state index contributed by atoms with van der Waals surface area (Å²) in [5, 5.41) is 37.4. The molecule has 0 aliphatic carbocycles. The number of carbonyl (C=O) groups excluding carboxylic acids is 2. The van der Waals surface area contributed by atoms with Gasteiger partial charge in [-0.3, -0.25) is 9.69 Å². The highest BCUT2D eigenvalue weighted by atomic mass is 32.2. The number of methoxy groups -OCH3 is 1. The molecule has 9 nitrogen and oxygen atoms in total. The Bertz CT molecular complexity index is 990. The Morgan fingerprint density at radius 1 is 1.28 bits per heavy atom. The van der Waals surface area contributed by atoms with Crippen LogP contribution in [0.4, 0.5) is 5.69 Å². The summed E-state index contributed by atoms with van der Waals surface area (Å²) >= 11 is 0.964. The highest BCUT2D eigenvalue weighted by molar-refractivity contribution is 8.16. The smallest absolute Gasteiger partial charge is 0.247 e. The van der Waals surface area contributed by atoms with Gasteiger partial charge in [-0.25, -0.2) is 0 Å². The molecule has 2 aromatic rings. The highest BCUT2D eigenvalue weighted by Gasteiger charge is 2.39. The van der Waals surface area contributed by atoms with Crippen LogP contribution in [0, 0.1) is 0 Å². The summed E-state index contributed by atoms with van der Waals surface area (Å²) in [7, 11) is 1.42. The van der Waals surface area contributed by atoms with Crippen molar-refractivity contribution < 1.29 is 29.6 Å². The third-order valence-electron chi connectivity index (χ3n) is 3.95. The largest absolute Gasteiger partial charge is 0.550 e. The normalized spacial score (nSPS) is 18.0. The van der Waals surface area contributed by atoms with Crippen LogP contribution in [0.2, 0.25) is 0 Å². The second kappa shape index (κ2) is 8.65. The fourth-order valence-corrected chi connectivity index (χ4v) is 3.65. The lowest BCUT2D eigenvalue weighted by Crippen LogP contribution is -2.35. The van der Waals surface area contributed by atoms with E-state index in [1.165, 1.54) is 48.6 Å². The molecule has 1 atom stereocenters. The number of nitrogens with zero attached hydrogens (tertiary/aromatic N) is 3. The minimum absolute atomic E-state index is 0.0171. The number of thioether (sulfide) groups is 1. The maximum Gasteiger partial charge on any atom is 0.247 e. The Hall–Kier alpha value is -3.53. The van der Waals surface area contributed by atoms with Gasteiger partial charge in [0.1, 0.15) is 5.75 Å². The number of aliphatic carboxylic acids is 1. The molecule has 150 valence electrons. The predicted octanol–water partition coefficient (Wildman–Crippen LogP) is 1.08. The first kappa shape index (κ1) is 20.2. The molecular weight excluding hydrogens is 398 g/mol. The molecular formula is C19H16N3O6S-. The number of carbonyl (C=O) groups is 2. The van der Waals surface area contributed by atoms with Crippen molar-refractivity contribution in [1.82, 2.24) is 0 Å². The van der Waals surface area contributed by atoms with E-state index >= 15 is 0 Å². The zero-order chi connectivity index (χ0) is 21.0. The fourth-order valence-electron chi connectivity index (χ4n) is 2.58. The number of amides is 1. The molecule has 10 heteroatoms. The van der Waals surface area contributed by atoms with E-state index in [0.717, 1.165) is 11.8 Å². The van der Waals surface area contributed by atoms with E-state index in [2.05, 4.69) is 10.2 Å². The van der Waals surface area contributed by atoms with Gasteiger partial charge in [0, 0.05) is 12.4 Å². The van der Waals surface area contributed by atoms with Gasteiger partial charge < -0.3 is 24.9 Å². The number of hydrogen-bond donors (Lipinski definition) is 2. The molecule has 0 radical (unpaired) electrons. The molecule has 0 saturated carbocycles. The summed E-state index contributed by atoms with van der Waals surface area (Å²) in [6.07, 6.45) is 0.942. The van der Waals surface area contributed by atoms with Crippen LogP contribution in [0.5, 0.6) is 17.2 Å². The van der Waals surface area contributed by atoms with Gasteiger partial charge in [-0.05, 0) is 48.0 Å². The van der Waals surface area contributed by atoms with Crippen LogP contribution in [0.3, 0.4) is 0 Å². The molecule has 1 amide bonds. The third kappa shape index (κ3) is 4.66. The first-order valence-electron chi connectivity index (χ1n) is 8.36. The lowest BCUT2D eigenvalue weighted by atomic mass is 10.2. The SMILES string of the molecule is COc1cc(/C=N/N=C2/S[C@@H](CC(=O)[O-])C(=O)N2c2ccc(O)cc2)ccc1O. The predicted molar refractivity (Wildman–Crippen MR) is 106 cm³/mol. The van der Waals surface area contributed by atoms with Crippen LogP contribution in [0.1, 0.15) is 12.0 Å². The highest BCUT2D eigenvalue weighted by Crippen LogP contribution is 2.34. The number of rotatable bonds is 6. The van der Waals surface area contributed by atoms with E-state index in [1.54, 1.807) is 12.1 Å². The monoisotopic (exact) mass is 414 g/mol. The maximum absolute atomic E-state index is 12.7. The molecule has 1 fully saturated rings. The summed E-state index contributed by atoms with van der Waals surface area (Å²) in [6, 6.07) is 10.4. The molecule has 3 rings (SSSR count). The van der Waals surface area contributed by atoms with E-state index in [0.29, 0.717) is 11.3 Å². The molecule has 1 aliphatic heterocycles. The summed E-state index contributed by atoms with van der Waals surface area (Å²) in [5.41, 5.74) is 1.02. The summed E-state index contributed by atoms with van der Waals surface area (Å²) < 4.78 is 5.03. The zero-order valence-corrected chi connectivity index (χ0v) is 16.0. The van der Waals surface area contributed by atoms with Gasteiger partial charge in [0.15, 0.2) is 16.7 Å². The quantitative estimate of drug-likeness (QED) is 0.533. The average molecular weight is 414 g/mol. The second-order valence-corrected chi connectivity index (χ2v) is 7.10. The van der Waals surface area contributed by atoms with Crippen LogP contribution in [0.15, 0.2) is 52.7 Å². The maximum atomic E-state index is 12.7. The number of hydrogen-bond acceptors (Lipinski definition) is 9. The summed E-state index contributed by atoms with van der Waals surface area (Å²) in [4.78, 5) is 24.9. The number of phenolic OH excluding ortho intramolecular Hbond substituents is 2. The lowest BCUT2D eigenvalue weighted by Gasteiger charge is -2.16. The van der Waals surface area contributed by atoms with Crippen LogP contribution in [0.25, 0.3) is 0 Å². The number of amidine groups is 1. The van der Waals surface area contributed by atoms with Crippen molar-refractivity contribution in [2.45, 2.75) is 11.7 Å². The van der Waals surface area contributed by atoms with Gasteiger partial charge in [-0.2, -0.15) is 5.10 Å². The molecule has 0 aromatic heterocycles. The van der Waals surface area contributed by atoms with Crippen LogP contribution >= 0.6 is 11.8 Å². The topological polar surface area (TPSA) is 135 Å². The Morgan fingerprint density at radius 3 is 2.66 bits per heavy atom. The number of carboxylic acid groups (broad SMARTS) is 1. The molecule has 1 saturated heterocycles. The van der Waals surface area contributed by atoms with Gasteiger partial charge in [0.25, 0.3) is 0 Å².